The molecule has 0 aliphatic rings. The zero-order valence-corrected chi connectivity index (χ0v) is 17.1. The molecule has 0 aliphatic heterocycles. The first-order valence-corrected chi connectivity index (χ1v) is 10.2. The number of amides is 1. The molecule has 1 heterocycles. The van der Waals surface area contributed by atoms with Gasteiger partial charge in [-0.2, -0.15) is 0 Å². The van der Waals surface area contributed by atoms with E-state index in [-0.39, 0.29) is 11.6 Å². The number of carbonyl (C=O) groups excluding carboxylic acids is 2. The van der Waals surface area contributed by atoms with Gasteiger partial charge in [0.2, 0.25) is 5.91 Å². The van der Waals surface area contributed by atoms with Crippen molar-refractivity contribution in [2.75, 3.05) is 0 Å². The van der Waals surface area contributed by atoms with E-state index >= 15 is 0 Å². The summed E-state index contributed by atoms with van der Waals surface area (Å²) in [5.41, 5.74) is 9.08. The molecular formula is C27H19FN2O2. The Bertz CT molecular complexity index is 1500. The third-order valence-electron chi connectivity index (χ3n) is 5.69. The fourth-order valence-corrected chi connectivity index (χ4v) is 4.28. The van der Waals surface area contributed by atoms with Gasteiger partial charge in [-0.25, -0.2) is 4.39 Å². The molecular weight excluding hydrogens is 403 g/mol. The van der Waals surface area contributed by atoms with Crippen molar-refractivity contribution in [2.24, 2.45) is 5.73 Å². The third-order valence-corrected chi connectivity index (χ3v) is 5.69. The van der Waals surface area contributed by atoms with Gasteiger partial charge in [0, 0.05) is 34.0 Å². The topological polar surface area (TPSA) is 65.1 Å². The molecule has 0 saturated heterocycles. The molecule has 5 heteroatoms. The van der Waals surface area contributed by atoms with Crippen molar-refractivity contribution in [1.82, 2.24) is 4.57 Å². The summed E-state index contributed by atoms with van der Waals surface area (Å²) < 4.78 is 16.8. The second-order valence-electron chi connectivity index (χ2n) is 7.68. The van der Waals surface area contributed by atoms with Crippen molar-refractivity contribution >= 4 is 33.5 Å². The fraction of sp³-hybridized carbons (Fsp3) is 0.0370. The van der Waals surface area contributed by atoms with Crippen LogP contribution in [0.1, 0.15) is 31.8 Å². The van der Waals surface area contributed by atoms with Crippen LogP contribution >= 0.6 is 0 Å². The number of para-hydroxylation sites is 1. The average molecular weight is 422 g/mol. The highest BCUT2D eigenvalue weighted by atomic mass is 19.1. The van der Waals surface area contributed by atoms with E-state index in [2.05, 4.69) is 0 Å². The monoisotopic (exact) mass is 422 g/mol. The Morgan fingerprint density at radius 1 is 0.812 bits per heavy atom. The largest absolute Gasteiger partial charge is 0.366 e. The van der Waals surface area contributed by atoms with Gasteiger partial charge in [-0.3, -0.25) is 9.59 Å². The number of rotatable bonds is 5. The van der Waals surface area contributed by atoms with Crippen LogP contribution < -0.4 is 5.73 Å². The van der Waals surface area contributed by atoms with Gasteiger partial charge in [-0.1, -0.05) is 66.7 Å². The summed E-state index contributed by atoms with van der Waals surface area (Å²) in [6, 6.07) is 26.5. The van der Waals surface area contributed by atoms with E-state index in [0.29, 0.717) is 45.0 Å². The van der Waals surface area contributed by atoms with Gasteiger partial charge in [-0.15, -0.1) is 0 Å². The molecule has 156 valence electrons. The Balaban J connectivity index is 1.66. The first-order valence-electron chi connectivity index (χ1n) is 10.2. The van der Waals surface area contributed by atoms with Crippen LogP contribution in [0.15, 0.2) is 91.0 Å². The fourth-order valence-electron chi connectivity index (χ4n) is 4.28. The van der Waals surface area contributed by atoms with E-state index < -0.39 is 5.91 Å². The summed E-state index contributed by atoms with van der Waals surface area (Å²) in [6.45, 7) is 0.332. The number of primary amides is 1. The highest BCUT2D eigenvalue weighted by Crippen LogP contribution is 2.33. The molecule has 0 radical (unpaired) electrons. The van der Waals surface area contributed by atoms with Gasteiger partial charge in [0.15, 0.2) is 5.78 Å². The lowest BCUT2D eigenvalue weighted by Crippen LogP contribution is -2.11. The Morgan fingerprint density at radius 2 is 1.53 bits per heavy atom. The molecule has 5 rings (SSSR count). The lowest BCUT2D eigenvalue weighted by atomic mass is 10.0. The zero-order chi connectivity index (χ0) is 22.2. The predicted octanol–water partition coefficient (Wildman–Crippen LogP) is 5.31. The number of nitrogens with two attached hydrogens (primary N) is 1. The van der Waals surface area contributed by atoms with Crippen LogP contribution in [-0.4, -0.2) is 16.3 Å². The molecule has 4 aromatic carbocycles. The molecule has 4 nitrogen and oxygen atoms in total. The molecule has 0 atom stereocenters. The minimum absolute atomic E-state index is 0.0723. The molecule has 0 saturated carbocycles. The lowest BCUT2D eigenvalue weighted by Gasteiger charge is -2.10. The van der Waals surface area contributed by atoms with Crippen LogP contribution in [0.2, 0.25) is 0 Å². The number of halogens is 1. The van der Waals surface area contributed by atoms with E-state index in [1.807, 2.05) is 47.0 Å². The maximum Gasteiger partial charge on any atom is 0.249 e. The van der Waals surface area contributed by atoms with Crippen LogP contribution in [0.5, 0.6) is 0 Å². The number of ketones is 1. The number of fused-ring (bicyclic) bond motifs is 3. The maximum atomic E-state index is 15.0. The molecule has 5 aromatic rings. The number of carbonyl (C=O) groups is 2. The van der Waals surface area contributed by atoms with Gasteiger partial charge in [-0.05, 0) is 29.8 Å². The van der Waals surface area contributed by atoms with Gasteiger partial charge >= 0.3 is 0 Å². The predicted molar refractivity (Wildman–Crippen MR) is 123 cm³/mol. The molecule has 0 fully saturated rings. The normalized spacial score (nSPS) is 11.2. The summed E-state index contributed by atoms with van der Waals surface area (Å²) >= 11 is 0. The van der Waals surface area contributed by atoms with Gasteiger partial charge in [0.05, 0.1) is 11.0 Å². The Labute approximate surface area is 183 Å². The molecule has 0 unspecified atom stereocenters. The number of hydrogen-bond donors (Lipinski definition) is 1. The SMILES string of the molecule is NC(=O)c1cccc2c1c1cccc(F)c1n2Cc1cccc(C(=O)c2ccccc2)c1. The molecule has 0 spiro atoms. The summed E-state index contributed by atoms with van der Waals surface area (Å²) in [7, 11) is 0. The Morgan fingerprint density at radius 3 is 2.31 bits per heavy atom. The van der Waals surface area contributed by atoms with Crippen molar-refractivity contribution in [3.63, 3.8) is 0 Å². The molecule has 2 N–H and O–H groups in total. The number of nitrogens with zero attached hydrogens (tertiary/aromatic N) is 1. The van der Waals surface area contributed by atoms with Crippen molar-refractivity contribution in [3.05, 3.63) is 119 Å². The second kappa shape index (κ2) is 7.78. The third kappa shape index (κ3) is 3.24. The van der Waals surface area contributed by atoms with Crippen molar-refractivity contribution in [3.8, 4) is 0 Å². The smallest absolute Gasteiger partial charge is 0.249 e. The molecule has 32 heavy (non-hydrogen) atoms. The lowest BCUT2D eigenvalue weighted by molar-refractivity contribution is 0.1000. The minimum atomic E-state index is -0.561. The molecule has 1 amide bonds. The Kier molecular flexibility index (Phi) is 4.79. The second-order valence-corrected chi connectivity index (χ2v) is 7.68. The first-order chi connectivity index (χ1) is 15.5. The molecule has 0 bridgehead atoms. The van der Waals surface area contributed by atoms with E-state index in [1.165, 1.54) is 6.07 Å². The molecule has 1 aromatic heterocycles. The molecule has 0 aliphatic carbocycles. The van der Waals surface area contributed by atoms with Crippen LogP contribution in [0.3, 0.4) is 0 Å². The van der Waals surface area contributed by atoms with Crippen LogP contribution in [0.25, 0.3) is 21.8 Å². The first kappa shape index (κ1) is 19.7. The standard InChI is InChI=1S/C27H19FN2O2/c28-22-13-5-11-20-24-21(27(29)32)12-6-14-23(24)30(25(20)22)16-17-7-4-10-19(15-17)26(31)18-8-2-1-3-9-18/h1-15H,16H2,(H2,29,32). The van der Waals surface area contributed by atoms with Crippen LogP contribution in [-0.2, 0) is 6.54 Å². The average Bonchev–Trinajstić information content (AvgIpc) is 3.14. The van der Waals surface area contributed by atoms with Gasteiger partial charge in [0.1, 0.15) is 5.82 Å². The van der Waals surface area contributed by atoms with Crippen LogP contribution in [0, 0.1) is 5.82 Å². The van der Waals surface area contributed by atoms with Crippen molar-refractivity contribution in [2.45, 2.75) is 6.54 Å². The highest BCUT2D eigenvalue weighted by molar-refractivity contribution is 6.18. The van der Waals surface area contributed by atoms with E-state index in [0.717, 1.165) is 5.56 Å². The maximum absolute atomic E-state index is 15.0. The van der Waals surface area contributed by atoms with E-state index in [9.17, 15) is 14.0 Å². The summed E-state index contributed by atoms with van der Waals surface area (Å²) in [5.74, 6) is -1.02. The number of hydrogen-bond acceptors (Lipinski definition) is 2. The van der Waals surface area contributed by atoms with E-state index in [1.54, 1.807) is 42.5 Å². The van der Waals surface area contributed by atoms with Crippen molar-refractivity contribution < 1.29 is 14.0 Å². The quantitative estimate of drug-likeness (QED) is 0.390. The number of aromatic nitrogens is 1. The Hall–Kier alpha value is -4.25. The number of benzene rings is 4. The summed E-state index contributed by atoms with van der Waals surface area (Å²) in [4.78, 5) is 24.9. The minimum Gasteiger partial charge on any atom is -0.366 e. The van der Waals surface area contributed by atoms with Gasteiger partial charge < -0.3 is 10.3 Å². The highest BCUT2D eigenvalue weighted by Gasteiger charge is 2.19. The summed E-state index contributed by atoms with van der Waals surface area (Å²) in [6.07, 6.45) is 0. The van der Waals surface area contributed by atoms with Crippen LogP contribution in [0.4, 0.5) is 4.39 Å². The van der Waals surface area contributed by atoms with Gasteiger partial charge in [0.25, 0.3) is 0 Å². The zero-order valence-electron chi connectivity index (χ0n) is 17.1. The van der Waals surface area contributed by atoms with E-state index in [4.69, 9.17) is 5.73 Å². The summed E-state index contributed by atoms with van der Waals surface area (Å²) in [5, 5.41) is 1.26. The van der Waals surface area contributed by atoms with Crippen molar-refractivity contribution in [1.29, 1.82) is 0 Å².